The molecule has 4 nitrogen and oxygen atoms in total. The SMILES string of the molecule is CC(F)(F)c1ccc(Nc2ncc3c(n2)CCCCC3=O)cc1. The van der Waals surface area contributed by atoms with Crippen LogP contribution in [0.3, 0.4) is 0 Å². The molecule has 120 valence electrons. The number of alkyl halides is 2. The van der Waals surface area contributed by atoms with Gasteiger partial charge in [0.1, 0.15) is 0 Å². The van der Waals surface area contributed by atoms with Crippen LogP contribution in [-0.4, -0.2) is 15.8 Å². The van der Waals surface area contributed by atoms with Crippen LogP contribution in [0, 0.1) is 0 Å². The Hall–Kier alpha value is -2.37. The molecule has 1 aromatic carbocycles. The van der Waals surface area contributed by atoms with Crippen LogP contribution in [0.1, 0.15) is 47.8 Å². The number of anilines is 2. The third-order valence-corrected chi connectivity index (χ3v) is 3.88. The Bertz CT molecular complexity index is 724. The molecule has 0 spiro atoms. The minimum absolute atomic E-state index is 0.0449. The fourth-order valence-electron chi connectivity index (χ4n) is 2.59. The van der Waals surface area contributed by atoms with Gasteiger partial charge in [0.15, 0.2) is 5.78 Å². The lowest BCUT2D eigenvalue weighted by Gasteiger charge is -2.12. The van der Waals surface area contributed by atoms with Crippen molar-refractivity contribution >= 4 is 17.4 Å². The number of nitrogens with zero attached hydrogens (tertiary/aromatic N) is 2. The van der Waals surface area contributed by atoms with Gasteiger partial charge in [0, 0.05) is 30.8 Å². The predicted molar refractivity (Wildman–Crippen MR) is 83.2 cm³/mol. The van der Waals surface area contributed by atoms with Gasteiger partial charge >= 0.3 is 0 Å². The van der Waals surface area contributed by atoms with E-state index in [1.165, 1.54) is 12.1 Å². The summed E-state index contributed by atoms with van der Waals surface area (Å²) in [5.41, 5.74) is 1.92. The summed E-state index contributed by atoms with van der Waals surface area (Å²) in [6.07, 6.45) is 4.63. The smallest absolute Gasteiger partial charge is 0.270 e. The summed E-state index contributed by atoms with van der Waals surface area (Å²) >= 11 is 0. The van der Waals surface area contributed by atoms with Crippen molar-refractivity contribution in [2.75, 3.05) is 5.32 Å². The first-order chi connectivity index (χ1) is 10.9. The molecule has 6 heteroatoms. The number of hydrogen-bond donors (Lipinski definition) is 1. The summed E-state index contributed by atoms with van der Waals surface area (Å²) < 4.78 is 26.4. The number of Topliss-reactive ketones (excluding diaryl/α,β-unsaturated/α-hetero) is 1. The van der Waals surface area contributed by atoms with Crippen LogP contribution in [0.25, 0.3) is 0 Å². The Balaban J connectivity index is 1.81. The van der Waals surface area contributed by atoms with Gasteiger partial charge in [-0.3, -0.25) is 4.79 Å². The maximum absolute atomic E-state index is 13.2. The first kappa shape index (κ1) is 15.5. The van der Waals surface area contributed by atoms with Gasteiger partial charge in [-0.1, -0.05) is 12.1 Å². The molecule has 3 rings (SSSR count). The Morgan fingerprint density at radius 2 is 1.83 bits per heavy atom. The number of ketones is 1. The van der Waals surface area contributed by atoms with Crippen molar-refractivity contribution in [2.45, 2.75) is 38.5 Å². The van der Waals surface area contributed by atoms with Crippen molar-refractivity contribution in [2.24, 2.45) is 0 Å². The van der Waals surface area contributed by atoms with Gasteiger partial charge in [-0.2, -0.15) is 0 Å². The summed E-state index contributed by atoms with van der Waals surface area (Å²) in [7, 11) is 0. The molecule has 0 atom stereocenters. The molecule has 0 aliphatic heterocycles. The molecular weight excluding hydrogens is 300 g/mol. The topological polar surface area (TPSA) is 54.9 Å². The number of benzene rings is 1. The zero-order valence-electron chi connectivity index (χ0n) is 12.8. The molecule has 1 aliphatic carbocycles. The van der Waals surface area contributed by atoms with Crippen molar-refractivity contribution in [3.8, 4) is 0 Å². The molecular formula is C17H17F2N3O. The van der Waals surface area contributed by atoms with Crippen LogP contribution in [0.5, 0.6) is 0 Å². The lowest BCUT2D eigenvalue weighted by molar-refractivity contribution is 0.0175. The third kappa shape index (κ3) is 3.52. The Morgan fingerprint density at radius 1 is 1.13 bits per heavy atom. The van der Waals surface area contributed by atoms with E-state index in [9.17, 15) is 13.6 Å². The lowest BCUT2D eigenvalue weighted by Crippen LogP contribution is -2.08. The fourth-order valence-corrected chi connectivity index (χ4v) is 2.59. The zero-order valence-corrected chi connectivity index (χ0v) is 12.8. The van der Waals surface area contributed by atoms with Crippen LogP contribution >= 0.6 is 0 Å². The van der Waals surface area contributed by atoms with Gasteiger partial charge in [0.2, 0.25) is 5.95 Å². The number of aromatic nitrogens is 2. The van der Waals surface area contributed by atoms with Crippen molar-refractivity contribution in [1.82, 2.24) is 9.97 Å². The third-order valence-electron chi connectivity index (χ3n) is 3.88. The van der Waals surface area contributed by atoms with E-state index in [-0.39, 0.29) is 11.3 Å². The second-order valence-corrected chi connectivity index (χ2v) is 5.77. The highest BCUT2D eigenvalue weighted by molar-refractivity contribution is 5.97. The standard InChI is InChI=1S/C17H17F2N3O/c1-17(18,19)11-6-8-12(9-7-11)21-16-20-10-13-14(22-16)4-2-3-5-15(13)23/h6-10H,2-5H2,1H3,(H,20,21,22). The largest absolute Gasteiger partial charge is 0.324 e. The van der Waals surface area contributed by atoms with E-state index in [1.54, 1.807) is 18.3 Å². The molecule has 0 saturated heterocycles. The van der Waals surface area contributed by atoms with E-state index in [0.717, 1.165) is 31.9 Å². The Labute approximate surface area is 133 Å². The number of halogens is 2. The van der Waals surface area contributed by atoms with Crippen molar-refractivity contribution < 1.29 is 13.6 Å². The minimum atomic E-state index is -2.86. The van der Waals surface area contributed by atoms with Crippen molar-refractivity contribution in [3.63, 3.8) is 0 Å². The van der Waals surface area contributed by atoms with E-state index >= 15 is 0 Å². The molecule has 0 fully saturated rings. The quantitative estimate of drug-likeness (QED) is 0.860. The lowest BCUT2D eigenvalue weighted by atomic mass is 10.1. The van der Waals surface area contributed by atoms with Crippen molar-refractivity contribution in [3.05, 3.63) is 47.3 Å². The summed E-state index contributed by atoms with van der Waals surface area (Å²) in [5, 5.41) is 2.99. The van der Waals surface area contributed by atoms with Crippen LogP contribution in [0.15, 0.2) is 30.5 Å². The van der Waals surface area contributed by atoms with Crippen LogP contribution in [0.4, 0.5) is 20.4 Å². The summed E-state index contributed by atoms with van der Waals surface area (Å²) in [6.45, 7) is 0.863. The molecule has 1 aromatic heterocycles. The van der Waals surface area contributed by atoms with E-state index < -0.39 is 5.92 Å². The monoisotopic (exact) mass is 317 g/mol. The van der Waals surface area contributed by atoms with E-state index in [1.807, 2.05) is 0 Å². The predicted octanol–water partition coefficient (Wildman–Crippen LogP) is 4.24. The molecule has 23 heavy (non-hydrogen) atoms. The van der Waals surface area contributed by atoms with Crippen molar-refractivity contribution in [1.29, 1.82) is 0 Å². The average molecular weight is 317 g/mol. The molecule has 0 amide bonds. The van der Waals surface area contributed by atoms with Crippen LogP contribution < -0.4 is 5.32 Å². The van der Waals surface area contributed by atoms with E-state index in [4.69, 9.17) is 0 Å². The molecule has 1 N–H and O–H groups in total. The van der Waals surface area contributed by atoms with Gasteiger partial charge in [0.25, 0.3) is 5.92 Å². The molecule has 0 saturated carbocycles. The number of carbonyl (C=O) groups excluding carboxylic acids is 1. The van der Waals surface area contributed by atoms with Gasteiger partial charge in [0.05, 0.1) is 11.3 Å². The van der Waals surface area contributed by atoms with Gasteiger partial charge < -0.3 is 5.32 Å². The maximum atomic E-state index is 13.2. The molecule has 1 aliphatic rings. The molecule has 1 heterocycles. The second kappa shape index (κ2) is 6.02. The number of fused-ring (bicyclic) bond motifs is 1. The first-order valence-corrected chi connectivity index (χ1v) is 7.58. The highest BCUT2D eigenvalue weighted by Gasteiger charge is 2.23. The Morgan fingerprint density at radius 3 is 2.52 bits per heavy atom. The highest BCUT2D eigenvalue weighted by atomic mass is 19.3. The summed E-state index contributed by atoms with van der Waals surface area (Å²) in [6, 6.07) is 5.87. The Kier molecular flexibility index (Phi) is 4.07. The van der Waals surface area contributed by atoms with Crippen LogP contribution in [-0.2, 0) is 12.3 Å². The number of aryl methyl sites for hydroxylation is 1. The summed E-state index contributed by atoms with van der Waals surface area (Å²) in [5.74, 6) is -2.41. The van der Waals surface area contributed by atoms with E-state index in [2.05, 4.69) is 15.3 Å². The molecule has 0 radical (unpaired) electrons. The molecule has 0 unspecified atom stereocenters. The highest BCUT2D eigenvalue weighted by Crippen LogP contribution is 2.28. The number of rotatable bonds is 3. The minimum Gasteiger partial charge on any atom is -0.324 e. The maximum Gasteiger partial charge on any atom is 0.270 e. The normalized spacial score (nSPS) is 15.0. The molecule has 0 bridgehead atoms. The first-order valence-electron chi connectivity index (χ1n) is 7.58. The van der Waals surface area contributed by atoms with Gasteiger partial charge in [-0.25, -0.2) is 18.7 Å². The van der Waals surface area contributed by atoms with Gasteiger partial charge in [-0.15, -0.1) is 0 Å². The summed E-state index contributed by atoms with van der Waals surface area (Å²) in [4.78, 5) is 20.5. The second-order valence-electron chi connectivity index (χ2n) is 5.77. The number of hydrogen-bond acceptors (Lipinski definition) is 4. The zero-order chi connectivity index (χ0) is 16.4. The number of carbonyl (C=O) groups is 1. The average Bonchev–Trinajstić information content (AvgIpc) is 2.68. The fraction of sp³-hybridized carbons (Fsp3) is 0.353. The molecule has 2 aromatic rings. The van der Waals surface area contributed by atoms with Gasteiger partial charge in [-0.05, 0) is 31.4 Å². The van der Waals surface area contributed by atoms with Crippen LogP contribution in [0.2, 0.25) is 0 Å². The number of nitrogens with one attached hydrogen (secondary N) is 1. The van der Waals surface area contributed by atoms with E-state index in [0.29, 0.717) is 23.6 Å².